The maximum Gasteiger partial charge on any atom is 0.169 e. The van der Waals surface area contributed by atoms with E-state index in [1.165, 1.54) is 10.4 Å². The summed E-state index contributed by atoms with van der Waals surface area (Å²) in [7, 11) is 0. The van der Waals surface area contributed by atoms with E-state index in [2.05, 4.69) is 15.3 Å². The summed E-state index contributed by atoms with van der Waals surface area (Å²) >= 11 is 1.66. The molecule has 0 aromatic carbocycles. The summed E-state index contributed by atoms with van der Waals surface area (Å²) in [6.07, 6.45) is 2.81. The summed E-state index contributed by atoms with van der Waals surface area (Å²) in [5, 5.41) is 3.32. The van der Waals surface area contributed by atoms with Crippen LogP contribution < -0.4 is 10.1 Å². The summed E-state index contributed by atoms with van der Waals surface area (Å²) in [4.78, 5) is 9.79. The lowest BCUT2D eigenvalue weighted by Crippen LogP contribution is -2.02. The fourth-order valence-electron chi connectivity index (χ4n) is 1.89. The van der Waals surface area contributed by atoms with Crippen molar-refractivity contribution in [2.75, 3.05) is 11.9 Å². The van der Waals surface area contributed by atoms with Crippen molar-refractivity contribution in [2.45, 2.75) is 19.9 Å². The second kappa shape index (κ2) is 4.33. The molecule has 0 unspecified atom stereocenters. The molecule has 88 valence electrons. The minimum absolute atomic E-state index is 0.753. The number of pyridine rings is 1. The van der Waals surface area contributed by atoms with E-state index < -0.39 is 0 Å². The number of nitrogens with one attached hydrogen (secondary N) is 1. The van der Waals surface area contributed by atoms with Gasteiger partial charge in [0.05, 0.1) is 24.4 Å². The smallest absolute Gasteiger partial charge is 0.169 e. The van der Waals surface area contributed by atoms with E-state index >= 15 is 0 Å². The Balaban J connectivity index is 1.78. The first-order chi connectivity index (χ1) is 8.34. The first-order valence-electron chi connectivity index (χ1n) is 5.58. The molecule has 4 nitrogen and oxygen atoms in total. The Morgan fingerprint density at radius 1 is 1.47 bits per heavy atom. The summed E-state index contributed by atoms with van der Waals surface area (Å²) in [5.74, 6) is 1.75. The SMILES string of the molecule is Cc1ncsc1CNc1nccc2c1OCC2. The number of thiazole rings is 1. The van der Waals surface area contributed by atoms with Gasteiger partial charge in [-0.15, -0.1) is 11.3 Å². The van der Waals surface area contributed by atoms with Crippen LogP contribution in [-0.4, -0.2) is 16.6 Å². The van der Waals surface area contributed by atoms with Gasteiger partial charge in [-0.3, -0.25) is 0 Å². The predicted octanol–water partition coefficient (Wildman–Crippen LogP) is 2.39. The zero-order valence-corrected chi connectivity index (χ0v) is 10.4. The quantitative estimate of drug-likeness (QED) is 0.904. The molecule has 1 aliphatic heterocycles. The molecule has 0 saturated heterocycles. The maximum absolute atomic E-state index is 5.59. The van der Waals surface area contributed by atoms with Crippen LogP contribution in [0.15, 0.2) is 17.8 Å². The molecule has 0 radical (unpaired) electrons. The largest absolute Gasteiger partial charge is 0.489 e. The number of nitrogens with zero attached hydrogens (tertiary/aromatic N) is 2. The van der Waals surface area contributed by atoms with Gasteiger partial charge in [-0.2, -0.15) is 0 Å². The summed E-state index contributed by atoms with van der Waals surface area (Å²) < 4.78 is 5.59. The third kappa shape index (κ3) is 1.98. The van der Waals surface area contributed by atoms with Crippen LogP contribution in [0, 0.1) is 6.92 Å². The summed E-state index contributed by atoms with van der Waals surface area (Å²) in [6, 6.07) is 2.02. The average molecular weight is 247 g/mol. The van der Waals surface area contributed by atoms with Crippen LogP contribution >= 0.6 is 11.3 Å². The van der Waals surface area contributed by atoms with Crippen LogP contribution in [0.25, 0.3) is 0 Å². The average Bonchev–Trinajstić information content (AvgIpc) is 2.95. The second-order valence-electron chi connectivity index (χ2n) is 3.96. The third-order valence-electron chi connectivity index (χ3n) is 2.87. The molecule has 0 atom stereocenters. The zero-order chi connectivity index (χ0) is 11.7. The van der Waals surface area contributed by atoms with Crippen molar-refractivity contribution in [3.05, 3.63) is 33.9 Å². The Morgan fingerprint density at radius 2 is 2.41 bits per heavy atom. The van der Waals surface area contributed by atoms with Gasteiger partial charge in [0.2, 0.25) is 0 Å². The van der Waals surface area contributed by atoms with Gasteiger partial charge in [0.1, 0.15) is 0 Å². The second-order valence-corrected chi connectivity index (χ2v) is 4.90. The molecule has 0 bridgehead atoms. The van der Waals surface area contributed by atoms with Crippen molar-refractivity contribution in [1.82, 2.24) is 9.97 Å². The topological polar surface area (TPSA) is 47.0 Å². The molecule has 2 aromatic heterocycles. The van der Waals surface area contributed by atoms with Gasteiger partial charge < -0.3 is 10.1 Å². The standard InChI is InChI=1S/C12H13N3OS/c1-8-10(17-7-15-8)6-14-12-11-9(2-4-13-12)3-5-16-11/h2,4,7H,3,5-6H2,1H3,(H,13,14). The number of hydrogen-bond acceptors (Lipinski definition) is 5. The summed E-state index contributed by atoms with van der Waals surface area (Å²) in [6.45, 7) is 3.53. The molecule has 1 N–H and O–H groups in total. The molecule has 17 heavy (non-hydrogen) atoms. The molecule has 5 heteroatoms. The molecular weight excluding hydrogens is 234 g/mol. The molecule has 2 aromatic rings. The highest BCUT2D eigenvalue weighted by Gasteiger charge is 2.17. The van der Waals surface area contributed by atoms with Gasteiger partial charge in [-0.05, 0) is 13.0 Å². The van der Waals surface area contributed by atoms with Crippen LogP contribution in [0.3, 0.4) is 0 Å². The molecule has 0 amide bonds. The molecular formula is C12H13N3OS. The molecule has 3 rings (SSSR count). The monoisotopic (exact) mass is 247 g/mol. The summed E-state index contributed by atoms with van der Waals surface area (Å²) in [5.41, 5.74) is 4.19. The van der Waals surface area contributed by atoms with Crippen molar-refractivity contribution in [3.63, 3.8) is 0 Å². The fraction of sp³-hybridized carbons (Fsp3) is 0.333. The Hall–Kier alpha value is -1.62. The van der Waals surface area contributed by atoms with Crippen LogP contribution in [0.5, 0.6) is 5.75 Å². The zero-order valence-electron chi connectivity index (χ0n) is 9.56. The van der Waals surface area contributed by atoms with Gasteiger partial charge in [0.25, 0.3) is 0 Å². The first kappa shape index (κ1) is 10.5. The maximum atomic E-state index is 5.59. The van der Waals surface area contributed by atoms with E-state index in [0.717, 1.165) is 36.8 Å². The Morgan fingerprint density at radius 3 is 3.24 bits per heavy atom. The Bertz CT molecular complexity index is 538. The van der Waals surface area contributed by atoms with Gasteiger partial charge in [-0.25, -0.2) is 9.97 Å². The van der Waals surface area contributed by atoms with Crippen molar-refractivity contribution >= 4 is 17.2 Å². The van der Waals surface area contributed by atoms with Gasteiger partial charge >= 0.3 is 0 Å². The predicted molar refractivity (Wildman–Crippen MR) is 67.6 cm³/mol. The van der Waals surface area contributed by atoms with Crippen LogP contribution in [0.1, 0.15) is 16.1 Å². The van der Waals surface area contributed by atoms with E-state index in [0.29, 0.717) is 0 Å². The Kier molecular flexibility index (Phi) is 2.68. The van der Waals surface area contributed by atoms with E-state index in [4.69, 9.17) is 4.74 Å². The highest BCUT2D eigenvalue weighted by Crippen LogP contribution is 2.31. The Labute approximate surface area is 104 Å². The van der Waals surface area contributed by atoms with Crippen LogP contribution in [0.4, 0.5) is 5.82 Å². The highest BCUT2D eigenvalue weighted by molar-refractivity contribution is 7.09. The molecule has 0 aliphatic carbocycles. The molecule has 0 fully saturated rings. The van der Waals surface area contributed by atoms with Gasteiger partial charge in [0.15, 0.2) is 11.6 Å². The number of ether oxygens (including phenoxy) is 1. The van der Waals surface area contributed by atoms with Crippen molar-refractivity contribution < 1.29 is 4.74 Å². The number of aromatic nitrogens is 2. The molecule has 3 heterocycles. The number of rotatable bonds is 3. The fourth-order valence-corrected chi connectivity index (χ4v) is 2.61. The molecule has 0 spiro atoms. The van der Waals surface area contributed by atoms with Crippen LogP contribution in [-0.2, 0) is 13.0 Å². The van der Waals surface area contributed by atoms with Crippen LogP contribution in [0.2, 0.25) is 0 Å². The van der Waals surface area contributed by atoms with E-state index in [1.807, 2.05) is 24.7 Å². The lowest BCUT2D eigenvalue weighted by Gasteiger charge is -2.08. The molecule has 1 aliphatic rings. The molecule has 0 saturated carbocycles. The normalized spacial score (nSPS) is 13.2. The first-order valence-corrected chi connectivity index (χ1v) is 6.46. The number of fused-ring (bicyclic) bond motifs is 1. The van der Waals surface area contributed by atoms with E-state index in [-0.39, 0.29) is 0 Å². The lowest BCUT2D eigenvalue weighted by atomic mass is 10.2. The van der Waals surface area contributed by atoms with Crippen molar-refractivity contribution in [1.29, 1.82) is 0 Å². The van der Waals surface area contributed by atoms with Crippen molar-refractivity contribution in [3.8, 4) is 5.75 Å². The van der Waals surface area contributed by atoms with Gasteiger partial charge in [0, 0.05) is 23.1 Å². The minimum atomic E-state index is 0.753. The number of aryl methyl sites for hydroxylation is 1. The number of anilines is 1. The lowest BCUT2D eigenvalue weighted by molar-refractivity contribution is 0.357. The highest BCUT2D eigenvalue weighted by atomic mass is 32.1. The number of hydrogen-bond donors (Lipinski definition) is 1. The minimum Gasteiger partial charge on any atom is -0.489 e. The van der Waals surface area contributed by atoms with E-state index in [9.17, 15) is 0 Å². The third-order valence-corrected chi connectivity index (χ3v) is 3.80. The van der Waals surface area contributed by atoms with Crippen molar-refractivity contribution in [2.24, 2.45) is 0 Å². The van der Waals surface area contributed by atoms with E-state index in [1.54, 1.807) is 11.3 Å². The van der Waals surface area contributed by atoms with Gasteiger partial charge in [-0.1, -0.05) is 0 Å².